The number of allylic oxidation sites excluding steroid dienone is 1. The molecule has 3 rings (SSSR count). The maximum atomic E-state index is 13.4. The number of hydrogen-bond donors (Lipinski definition) is 1. The van der Waals surface area contributed by atoms with E-state index < -0.39 is 17.2 Å². The van der Waals surface area contributed by atoms with E-state index >= 15 is 0 Å². The van der Waals surface area contributed by atoms with Crippen LogP contribution in [0.3, 0.4) is 0 Å². The smallest absolute Gasteiger partial charge is 0.159 e. The summed E-state index contributed by atoms with van der Waals surface area (Å²) in [6.07, 6.45) is 5.55. The fourth-order valence-corrected chi connectivity index (χ4v) is 2.94. The van der Waals surface area contributed by atoms with Gasteiger partial charge in [-0.3, -0.25) is 0 Å². The van der Waals surface area contributed by atoms with Gasteiger partial charge in [0.1, 0.15) is 5.60 Å². The number of nitrogens with two attached hydrogens (primary N) is 1. The molecule has 1 aliphatic heterocycles. The number of rotatable bonds is 1. The van der Waals surface area contributed by atoms with E-state index in [1.807, 2.05) is 26.0 Å². The summed E-state index contributed by atoms with van der Waals surface area (Å²) in [5.41, 5.74) is 6.06. The largest absolute Gasteiger partial charge is 0.399 e. The fourth-order valence-electron chi connectivity index (χ4n) is 2.94. The number of hydrogen-bond acceptors (Lipinski definition) is 2. The fraction of sp³-hybridized carbons (Fsp3) is 0.333. The molecule has 0 amide bonds. The quantitative estimate of drug-likeness (QED) is 0.845. The molecule has 1 fully saturated rings. The second-order valence-corrected chi connectivity index (χ2v) is 5.49. The van der Waals surface area contributed by atoms with Crippen LogP contribution in [0, 0.1) is 17.0 Å². The summed E-state index contributed by atoms with van der Waals surface area (Å²) in [7, 11) is 0. The standard InChI is InChI=1S/C15H15F2NO/c1-14-8-10(18)4-6-13(14)19-15(14,2)9-3-5-11(16)12(17)7-9/h3-8,13H,18H2,1-2H3. The molecule has 3 unspecified atom stereocenters. The highest BCUT2D eigenvalue weighted by Crippen LogP contribution is 2.59. The maximum Gasteiger partial charge on any atom is 0.159 e. The third-order valence-corrected chi connectivity index (χ3v) is 4.38. The number of ether oxygens (including phenoxy) is 1. The normalized spacial score (nSPS) is 36.4. The first kappa shape index (κ1) is 12.4. The molecule has 2 N–H and O–H groups in total. The average molecular weight is 263 g/mol. The van der Waals surface area contributed by atoms with Crippen LogP contribution in [0.5, 0.6) is 0 Å². The van der Waals surface area contributed by atoms with Gasteiger partial charge in [-0.05, 0) is 36.8 Å². The van der Waals surface area contributed by atoms with Gasteiger partial charge in [0.15, 0.2) is 11.6 Å². The van der Waals surface area contributed by atoms with Gasteiger partial charge < -0.3 is 10.5 Å². The lowest BCUT2D eigenvalue weighted by atomic mass is 9.60. The number of fused-ring (bicyclic) bond motifs is 1. The second-order valence-electron chi connectivity index (χ2n) is 5.49. The van der Waals surface area contributed by atoms with Crippen LogP contribution in [-0.4, -0.2) is 6.10 Å². The van der Waals surface area contributed by atoms with Gasteiger partial charge in [-0.25, -0.2) is 8.78 Å². The van der Waals surface area contributed by atoms with Gasteiger partial charge >= 0.3 is 0 Å². The Bertz CT molecular complexity index is 610. The molecule has 1 heterocycles. The predicted octanol–water partition coefficient (Wildman–Crippen LogP) is 3.00. The summed E-state index contributed by atoms with van der Waals surface area (Å²) >= 11 is 0. The third-order valence-electron chi connectivity index (χ3n) is 4.38. The molecule has 19 heavy (non-hydrogen) atoms. The second kappa shape index (κ2) is 3.67. The Hall–Kier alpha value is -1.68. The maximum absolute atomic E-state index is 13.4. The van der Waals surface area contributed by atoms with Crippen molar-refractivity contribution in [2.75, 3.05) is 0 Å². The summed E-state index contributed by atoms with van der Waals surface area (Å²) in [4.78, 5) is 0. The molecule has 4 heteroatoms. The molecule has 1 saturated heterocycles. The lowest BCUT2D eigenvalue weighted by Gasteiger charge is -2.60. The minimum absolute atomic E-state index is 0.0853. The molecule has 3 atom stereocenters. The molecule has 0 radical (unpaired) electrons. The van der Waals surface area contributed by atoms with Crippen molar-refractivity contribution in [3.8, 4) is 0 Å². The van der Waals surface area contributed by atoms with Crippen LogP contribution >= 0.6 is 0 Å². The van der Waals surface area contributed by atoms with Gasteiger partial charge in [0.2, 0.25) is 0 Å². The van der Waals surface area contributed by atoms with Crippen LogP contribution in [0.15, 0.2) is 42.1 Å². The Labute approximate surface area is 110 Å². The van der Waals surface area contributed by atoms with Crippen LogP contribution in [0.4, 0.5) is 8.78 Å². The molecule has 1 aliphatic carbocycles. The topological polar surface area (TPSA) is 35.2 Å². The average Bonchev–Trinajstić information content (AvgIpc) is 2.35. The molecule has 0 saturated carbocycles. The summed E-state index contributed by atoms with van der Waals surface area (Å²) in [6, 6.07) is 3.88. The van der Waals surface area contributed by atoms with Gasteiger partial charge in [-0.2, -0.15) is 0 Å². The predicted molar refractivity (Wildman–Crippen MR) is 68.1 cm³/mol. The summed E-state index contributed by atoms with van der Waals surface area (Å²) in [5, 5.41) is 0. The molecular formula is C15H15F2NO. The van der Waals surface area contributed by atoms with Gasteiger partial charge in [0.25, 0.3) is 0 Å². The zero-order valence-corrected chi connectivity index (χ0v) is 10.8. The highest BCUT2D eigenvalue weighted by Gasteiger charge is 2.61. The van der Waals surface area contributed by atoms with E-state index in [4.69, 9.17) is 10.5 Å². The molecule has 1 aromatic rings. The lowest BCUT2D eigenvalue weighted by molar-refractivity contribution is -0.275. The lowest BCUT2D eigenvalue weighted by Crippen LogP contribution is -2.63. The molecule has 1 aromatic carbocycles. The Morgan fingerprint density at radius 2 is 1.95 bits per heavy atom. The molecular weight excluding hydrogens is 248 g/mol. The molecule has 2 aliphatic rings. The van der Waals surface area contributed by atoms with Crippen molar-refractivity contribution in [3.05, 3.63) is 59.3 Å². The summed E-state index contributed by atoms with van der Waals surface area (Å²) < 4.78 is 32.3. The molecule has 0 aromatic heterocycles. The van der Waals surface area contributed by atoms with Gasteiger partial charge in [0.05, 0.1) is 11.5 Å². The van der Waals surface area contributed by atoms with Crippen molar-refractivity contribution >= 4 is 0 Å². The van der Waals surface area contributed by atoms with E-state index in [9.17, 15) is 8.78 Å². The summed E-state index contributed by atoms with van der Waals surface area (Å²) in [5.74, 6) is -1.72. The Morgan fingerprint density at radius 1 is 1.21 bits per heavy atom. The van der Waals surface area contributed by atoms with Crippen LogP contribution in [-0.2, 0) is 10.3 Å². The molecule has 100 valence electrons. The van der Waals surface area contributed by atoms with E-state index in [-0.39, 0.29) is 11.5 Å². The zero-order valence-electron chi connectivity index (χ0n) is 10.8. The van der Waals surface area contributed by atoms with Gasteiger partial charge in [-0.1, -0.05) is 19.1 Å². The zero-order chi connectivity index (χ0) is 13.8. The van der Waals surface area contributed by atoms with Crippen molar-refractivity contribution in [2.24, 2.45) is 11.1 Å². The van der Waals surface area contributed by atoms with Crippen molar-refractivity contribution in [2.45, 2.75) is 25.6 Å². The molecule has 0 bridgehead atoms. The van der Waals surface area contributed by atoms with E-state index in [0.29, 0.717) is 11.3 Å². The minimum Gasteiger partial charge on any atom is -0.399 e. The van der Waals surface area contributed by atoms with Crippen LogP contribution in [0.2, 0.25) is 0 Å². The van der Waals surface area contributed by atoms with Gasteiger partial charge in [0, 0.05) is 5.70 Å². The molecule has 2 nitrogen and oxygen atoms in total. The Balaban J connectivity index is 2.06. The van der Waals surface area contributed by atoms with Crippen LogP contribution < -0.4 is 5.73 Å². The highest BCUT2D eigenvalue weighted by molar-refractivity contribution is 5.40. The summed E-state index contributed by atoms with van der Waals surface area (Å²) in [6.45, 7) is 3.89. The van der Waals surface area contributed by atoms with Gasteiger partial charge in [-0.15, -0.1) is 0 Å². The van der Waals surface area contributed by atoms with Crippen molar-refractivity contribution in [1.29, 1.82) is 0 Å². The highest BCUT2D eigenvalue weighted by atomic mass is 19.2. The van der Waals surface area contributed by atoms with Crippen LogP contribution in [0.25, 0.3) is 0 Å². The van der Waals surface area contributed by atoms with E-state index in [2.05, 4.69) is 0 Å². The number of benzene rings is 1. The van der Waals surface area contributed by atoms with E-state index in [1.54, 1.807) is 12.1 Å². The first-order valence-electron chi connectivity index (χ1n) is 6.17. The Morgan fingerprint density at radius 3 is 2.63 bits per heavy atom. The first-order chi connectivity index (χ1) is 8.87. The monoisotopic (exact) mass is 263 g/mol. The van der Waals surface area contributed by atoms with Crippen molar-refractivity contribution in [3.63, 3.8) is 0 Å². The third kappa shape index (κ3) is 1.49. The number of halogens is 2. The van der Waals surface area contributed by atoms with E-state index in [1.165, 1.54) is 6.07 Å². The minimum atomic E-state index is -0.863. The Kier molecular flexibility index (Phi) is 2.39. The van der Waals surface area contributed by atoms with Crippen LogP contribution in [0.1, 0.15) is 19.4 Å². The van der Waals surface area contributed by atoms with Crippen molar-refractivity contribution < 1.29 is 13.5 Å². The molecule has 0 spiro atoms. The van der Waals surface area contributed by atoms with E-state index in [0.717, 1.165) is 6.07 Å². The SMILES string of the molecule is CC1(c2ccc(F)c(F)c2)OC2C=CC(N)=CC21C. The first-order valence-corrected chi connectivity index (χ1v) is 6.17. The van der Waals surface area contributed by atoms with Crippen molar-refractivity contribution in [1.82, 2.24) is 0 Å².